The van der Waals surface area contributed by atoms with Crippen molar-refractivity contribution < 1.29 is 66.8 Å². The molecule has 1 saturated heterocycles. The Hall–Kier alpha value is -3.66. The summed E-state index contributed by atoms with van der Waals surface area (Å²) in [5.74, 6) is -2.15. The van der Waals surface area contributed by atoms with Gasteiger partial charge in [-0.3, -0.25) is 18.4 Å². The summed E-state index contributed by atoms with van der Waals surface area (Å²) in [5, 5.41) is 45.6. The number of nitrogen functional groups attached to an aromatic ring is 1. The predicted molar refractivity (Wildman–Crippen MR) is 151 cm³/mol. The summed E-state index contributed by atoms with van der Waals surface area (Å²) in [6.07, 6.45) is -5.53. The van der Waals surface area contributed by atoms with Gasteiger partial charge in [-0.1, -0.05) is 0 Å². The largest absolute Gasteiger partial charge is 0.481 e. The molecule has 2 aliphatic rings. The molecule has 0 radical (unpaired) electrons. The van der Waals surface area contributed by atoms with Crippen LogP contribution in [0.5, 0.6) is 0 Å². The second kappa shape index (κ2) is 13.5. The minimum absolute atomic E-state index is 0.00484. The smallest absolute Gasteiger partial charge is 0.390 e. The molecule has 4 heterocycles. The number of hydrogen-bond donors (Lipinski definition) is 8. The minimum atomic E-state index is -5.42. The monoisotopic (exact) mass is 703 g/mol. The number of azide groups is 1. The van der Waals surface area contributed by atoms with Crippen molar-refractivity contribution in [2.24, 2.45) is 16.8 Å². The highest BCUT2D eigenvalue weighted by atomic mass is 31.3. The average molecular weight is 703 g/mol. The summed E-state index contributed by atoms with van der Waals surface area (Å²) in [6.45, 7) is -1.68. The lowest BCUT2D eigenvalue weighted by atomic mass is 10.1. The molecule has 5 rings (SSSR count). The number of aliphatic hydroxyl groups is 4. The average Bonchev–Trinajstić information content (AvgIpc) is 3.62. The molecule has 25 heteroatoms. The maximum absolute atomic E-state index is 12.5. The molecule has 2 fully saturated rings. The van der Waals surface area contributed by atoms with Crippen molar-refractivity contribution in [3.05, 3.63) is 46.9 Å². The Bertz CT molecular complexity index is 1810. The fraction of sp³-hybridized carbons (Fsp3) is 0.500. The number of rotatable bonds is 12. The van der Waals surface area contributed by atoms with Crippen LogP contribution >= 0.6 is 15.6 Å². The quantitative estimate of drug-likeness (QED) is 0.0353. The number of aromatic nitrogens is 5. The number of hydrogen-bond acceptors (Lipinski definition) is 16. The summed E-state index contributed by atoms with van der Waals surface area (Å²) in [6, 6.07) is 2.16. The SMILES string of the molecule is [N-]=[N+]=Nc1nc2c(N)ncnc2n1[C@@H]1O[C@H](COP(=O)(O)OP(=O)(O)OC[C@@H]2C[C@H]([n+]3cccc(C(N)=O)c3)[C@@H](O)[C@H]2O)[C@@H](O)[C@H]1O. The number of nitrogens with two attached hydrogens (primary N) is 2. The summed E-state index contributed by atoms with van der Waals surface area (Å²) in [4.78, 5) is 46.1. The second-order valence-corrected chi connectivity index (χ2v) is 13.6. The Kier molecular flexibility index (Phi) is 9.92. The van der Waals surface area contributed by atoms with Crippen molar-refractivity contribution in [3.8, 4) is 0 Å². The number of phosphoric acid groups is 2. The fourth-order valence-corrected chi connectivity index (χ4v) is 7.42. The van der Waals surface area contributed by atoms with Gasteiger partial charge in [0.15, 0.2) is 41.6 Å². The van der Waals surface area contributed by atoms with Crippen molar-refractivity contribution in [2.45, 2.75) is 49.2 Å². The van der Waals surface area contributed by atoms with Gasteiger partial charge in [-0.15, -0.1) is 0 Å². The lowest BCUT2D eigenvalue weighted by molar-refractivity contribution is -0.728. The van der Waals surface area contributed by atoms with E-state index in [1.54, 1.807) is 0 Å². The summed E-state index contributed by atoms with van der Waals surface area (Å²) < 4.78 is 46.9. The van der Waals surface area contributed by atoms with Gasteiger partial charge in [0.25, 0.3) is 5.91 Å². The van der Waals surface area contributed by atoms with Crippen LogP contribution < -0.4 is 16.0 Å². The number of phosphoric ester groups is 2. The normalized spacial score (nSPS) is 30.1. The molecule has 0 bridgehead atoms. The first-order chi connectivity index (χ1) is 22.1. The molecular formula is C22H29N10O13P2+. The Balaban J connectivity index is 1.20. The Morgan fingerprint density at radius 3 is 2.51 bits per heavy atom. The van der Waals surface area contributed by atoms with Crippen LogP contribution in [0, 0.1) is 5.92 Å². The second-order valence-electron chi connectivity index (χ2n) is 10.5. The third-order valence-corrected chi connectivity index (χ3v) is 10.1. The zero-order valence-corrected chi connectivity index (χ0v) is 25.6. The maximum Gasteiger partial charge on any atom is 0.481 e. The number of carbonyl (C=O) groups excluding carboxylic acids is 1. The number of carbonyl (C=O) groups is 1. The van der Waals surface area contributed by atoms with E-state index in [4.69, 9.17) is 30.8 Å². The number of amides is 1. The van der Waals surface area contributed by atoms with Crippen molar-refractivity contribution in [2.75, 3.05) is 18.9 Å². The van der Waals surface area contributed by atoms with E-state index in [1.807, 2.05) is 0 Å². The van der Waals surface area contributed by atoms with Gasteiger partial charge in [-0.25, -0.2) is 24.1 Å². The number of ether oxygens (including phenoxy) is 1. The number of aliphatic hydroxyl groups excluding tert-OH is 4. The van der Waals surface area contributed by atoms with E-state index < -0.39 is 83.5 Å². The molecule has 1 aliphatic carbocycles. The molecular weight excluding hydrogens is 674 g/mol. The molecule has 1 aliphatic heterocycles. The van der Waals surface area contributed by atoms with Gasteiger partial charge in [-0.05, 0) is 16.7 Å². The Morgan fingerprint density at radius 1 is 1.13 bits per heavy atom. The molecule has 47 heavy (non-hydrogen) atoms. The zero-order valence-electron chi connectivity index (χ0n) is 23.8. The van der Waals surface area contributed by atoms with Crippen LogP contribution in [0.1, 0.15) is 29.0 Å². The van der Waals surface area contributed by atoms with Gasteiger partial charge in [0.1, 0.15) is 36.3 Å². The van der Waals surface area contributed by atoms with Crippen LogP contribution in [0.15, 0.2) is 36.0 Å². The highest BCUT2D eigenvalue weighted by Crippen LogP contribution is 2.61. The lowest BCUT2D eigenvalue weighted by Crippen LogP contribution is -2.45. The standard InChI is InChI=1S/C22H28N10O13P2/c23-18-13-20(27-8-26-18)32(22(28-13)29-30-25)21-17(36)16(35)12(44-21)7-43-47(40,41)45-46(38,39)42-6-10-4-11(15(34)14(10)33)31-3-1-2-9(5-31)19(24)37/h1-3,5,8,10-12,14-17,21,33-36H,4,6-7H2,(H5-,23,24,26,27,37,38,39,40,41)/p+1/t10-,11-,12+,14-,15+,16+,17+,21+/m0/s1. The van der Waals surface area contributed by atoms with Gasteiger partial charge in [0.2, 0.25) is 5.95 Å². The van der Waals surface area contributed by atoms with Gasteiger partial charge in [0, 0.05) is 23.3 Å². The summed E-state index contributed by atoms with van der Waals surface area (Å²) >= 11 is 0. The zero-order chi connectivity index (χ0) is 34.3. The number of nitrogens with zero attached hydrogens (tertiary/aromatic N) is 8. The van der Waals surface area contributed by atoms with E-state index >= 15 is 0 Å². The number of fused-ring (bicyclic) bond motifs is 1. The molecule has 0 spiro atoms. The molecule has 2 unspecified atom stereocenters. The highest BCUT2D eigenvalue weighted by Gasteiger charge is 2.49. The third kappa shape index (κ3) is 7.27. The van der Waals surface area contributed by atoms with Gasteiger partial charge >= 0.3 is 15.6 Å². The molecule has 0 aromatic carbocycles. The molecule has 10 N–H and O–H groups in total. The van der Waals surface area contributed by atoms with Gasteiger partial charge in [-0.2, -0.15) is 8.88 Å². The van der Waals surface area contributed by atoms with Crippen LogP contribution in [-0.4, -0.2) is 99.4 Å². The van der Waals surface area contributed by atoms with Crippen LogP contribution in [0.2, 0.25) is 0 Å². The molecule has 23 nitrogen and oxygen atoms in total. The van der Waals surface area contributed by atoms with Crippen molar-refractivity contribution in [1.29, 1.82) is 0 Å². The Morgan fingerprint density at radius 2 is 1.83 bits per heavy atom. The van der Waals surface area contributed by atoms with Crippen molar-refractivity contribution >= 4 is 44.5 Å². The van der Waals surface area contributed by atoms with E-state index in [9.17, 15) is 44.1 Å². The third-order valence-electron chi connectivity index (χ3n) is 7.53. The number of primary amides is 1. The molecule has 1 saturated carbocycles. The predicted octanol–water partition coefficient (Wildman–Crippen LogP) is -1.41. The van der Waals surface area contributed by atoms with Gasteiger partial charge < -0.3 is 46.4 Å². The number of anilines is 1. The van der Waals surface area contributed by atoms with Crippen molar-refractivity contribution in [1.82, 2.24) is 19.5 Å². The number of imidazole rings is 1. The summed E-state index contributed by atoms with van der Waals surface area (Å²) in [7, 11) is -10.8. The number of pyridine rings is 1. The van der Waals surface area contributed by atoms with E-state index in [0.717, 1.165) is 10.9 Å². The molecule has 254 valence electrons. The van der Waals surface area contributed by atoms with Crippen molar-refractivity contribution in [3.63, 3.8) is 0 Å². The van der Waals surface area contributed by atoms with E-state index in [0.29, 0.717) is 0 Å². The molecule has 3 aromatic rings. The minimum Gasteiger partial charge on any atom is -0.390 e. The van der Waals surface area contributed by atoms with E-state index in [1.165, 1.54) is 29.1 Å². The van der Waals surface area contributed by atoms with E-state index in [-0.39, 0.29) is 34.9 Å². The van der Waals surface area contributed by atoms with Gasteiger partial charge in [0.05, 0.1) is 19.3 Å². The van der Waals surface area contributed by atoms with Crippen LogP contribution in [0.25, 0.3) is 21.6 Å². The molecule has 3 aromatic heterocycles. The van der Waals surface area contributed by atoms with Crippen LogP contribution in [0.4, 0.5) is 11.8 Å². The molecule has 10 atom stereocenters. The fourth-order valence-electron chi connectivity index (χ4n) is 5.28. The topological polar surface area (TPSA) is 358 Å². The lowest BCUT2D eigenvalue weighted by Gasteiger charge is -2.20. The molecule has 1 amide bonds. The maximum atomic E-state index is 12.5. The van der Waals surface area contributed by atoms with Crippen LogP contribution in [0.3, 0.4) is 0 Å². The first-order valence-electron chi connectivity index (χ1n) is 13.5. The highest BCUT2D eigenvalue weighted by molar-refractivity contribution is 7.61. The summed E-state index contributed by atoms with van der Waals surface area (Å²) in [5.41, 5.74) is 20.1. The first kappa shape index (κ1) is 34.7. The van der Waals surface area contributed by atoms with E-state index in [2.05, 4.69) is 29.3 Å². The first-order valence-corrected chi connectivity index (χ1v) is 16.5. The van der Waals surface area contributed by atoms with Crippen LogP contribution in [-0.2, 0) is 27.2 Å². The Labute approximate surface area is 262 Å².